The molecule has 0 amide bonds. The zero-order valence-corrected chi connectivity index (χ0v) is 22.4. The molecule has 0 fully saturated rings. The summed E-state index contributed by atoms with van der Waals surface area (Å²) >= 11 is 0. The topological polar surface area (TPSA) is 69.7 Å². The van der Waals surface area contributed by atoms with Gasteiger partial charge in [-0.2, -0.15) is 0 Å². The van der Waals surface area contributed by atoms with Crippen LogP contribution in [-0.2, 0) is 21.3 Å². The van der Waals surface area contributed by atoms with Gasteiger partial charge in [0.25, 0.3) is 0 Å². The molecule has 3 rings (SSSR count). The van der Waals surface area contributed by atoms with E-state index in [1.807, 2.05) is 31.2 Å². The lowest BCUT2D eigenvalue weighted by Crippen LogP contribution is -2.15. The Kier molecular flexibility index (Phi) is 9.40. The maximum atomic E-state index is 12.8. The van der Waals surface area contributed by atoms with Crippen molar-refractivity contribution < 1.29 is 23.9 Å². The van der Waals surface area contributed by atoms with Crippen LogP contribution < -0.4 is 0 Å². The standard InChI is InChI=1S/C32H36O5/c1-6-8-10-22-13-15-23(16-14-22)29(33)36-28(7-2)25-11-9-12-26(21-25)31(35)37-30(34)24-17-19-27(20-18-24)32(3,4)5/h9,11-21,28H,6-8,10H2,1-5H3. The second-order valence-corrected chi connectivity index (χ2v) is 10.2. The van der Waals surface area contributed by atoms with E-state index >= 15 is 0 Å². The van der Waals surface area contributed by atoms with Gasteiger partial charge in [0.15, 0.2) is 0 Å². The number of aryl methyl sites for hydroxylation is 1. The third-order valence-corrected chi connectivity index (χ3v) is 6.29. The second-order valence-electron chi connectivity index (χ2n) is 10.2. The predicted octanol–water partition coefficient (Wildman–Crippen LogP) is 7.63. The number of ether oxygens (including phenoxy) is 2. The van der Waals surface area contributed by atoms with Gasteiger partial charge in [-0.15, -0.1) is 0 Å². The molecule has 0 heterocycles. The highest BCUT2D eigenvalue weighted by molar-refractivity contribution is 6.02. The summed E-state index contributed by atoms with van der Waals surface area (Å²) in [6, 6.07) is 21.2. The van der Waals surface area contributed by atoms with Crippen molar-refractivity contribution in [1.82, 2.24) is 0 Å². The summed E-state index contributed by atoms with van der Waals surface area (Å²) in [5.74, 6) is -1.89. The molecule has 0 radical (unpaired) electrons. The quantitative estimate of drug-likeness (QED) is 0.223. The Hall–Kier alpha value is -3.73. The first-order valence-electron chi connectivity index (χ1n) is 12.9. The molecule has 0 N–H and O–H groups in total. The van der Waals surface area contributed by atoms with Crippen molar-refractivity contribution in [2.24, 2.45) is 0 Å². The van der Waals surface area contributed by atoms with Crippen molar-refractivity contribution in [2.45, 2.75) is 71.8 Å². The molecule has 0 spiro atoms. The van der Waals surface area contributed by atoms with Crippen LogP contribution in [0.5, 0.6) is 0 Å². The molecule has 0 bridgehead atoms. The summed E-state index contributed by atoms with van der Waals surface area (Å²) in [4.78, 5) is 38.0. The van der Waals surface area contributed by atoms with E-state index in [9.17, 15) is 14.4 Å². The molecule has 0 aromatic heterocycles. The van der Waals surface area contributed by atoms with Crippen molar-refractivity contribution in [3.05, 3.63) is 106 Å². The molecule has 0 saturated carbocycles. The average Bonchev–Trinajstić information content (AvgIpc) is 2.90. The Morgan fingerprint density at radius 1 is 0.757 bits per heavy atom. The zero-order valence-electron chi connectivity index (χ0n) is 22.4. The number of benzene rings is 3. The first kappa shape index (κ1) is 27.9. The third kappa shape index (κ3) is 7.63. The molecule has 3 aromatic carbocycles. The van der Waals surface area contributed by atoms with Crippen LogP contribution in [0.2, 0.25) is 0 Å². The van der Waals surface area contributed by atoms with E-state index in [0.717, 1.165) is 24.8 Å². The van der Waals surface area contributed by atoms with E-state index in [2.05, 4.69) is 27.7 Å². The molecular formula is C32H36O5. The summed E-state index contributed by atoms with van der Waals surface area (Å²) < 4.78 is 10.9. The number of hydrogen-bond donors (Lipinski definition) is 0. The van der Waals surface area contributed by atoms with Crippen molar-refractivity contribution >= 4 is 17.9 Å². The highest BCUT2D eigenvalue weighted by Gasteiger charge is 2.21. The largest absolute Gasteiger partial charge is 0.454 e. The molecule has 5 heteroatoms. The minimum atomic E-state index is -0.754. The van der Waals surface area contributed by atoms with Crippen molar-refractivity contribution in [3.63, 3.8) is 0 Å². The van der Waals surface area contributed by atoms with Gasteiger partial charge in [0.2, 0.25) is 0 Å². The summed E-state index contributed by atoms with van der Waals surface area (Å²) in [6.45, 7) is 10.3. The van der Waals surface area contributed by atoms with Gasteiger partial charge >= 0.3 is 17.9 Å². The highest BCUT2D eigenvalue weighted by atomic mass is 16.6. The van der Waals surface area contributed by atoms with Crippen LogP contribution in [0.25, 0.3) is 0 Å². The predicted molar refractivity (Wildman–Crippen MR) is 145 cm³/mol. The lowest BCUT2D eigenvalue weighted by atomic mass is 9.87. The third-order valence-electron chi connectivity index (χ3n) is 6.29. The average molecular weight is 501 g/mol. The molecule has 1 unspecified atom stereocenters. The molecule has 194 valence electrons. The second kappa shape index (κ2) is 12.5. The molecule has 1 atom stereocenters. The first-order chi connectivity index (χ1) is 17.6. The smallest absolute Gasteiger partial charge is 0.346 e. The van der Waals surface area contributed by atoms with E-state index in [4.69, 9.17) is 9.47 Å². The molecule has 0 aliphatic carbocycles. The minimum absolute atomic E-state index is 0.0456. The van der Waals surface area contributed by atoms with Crippen LogP contribution in [-0.4, -0.2) is 17.9 Å². The first-order valence-corrected chi connectivity index (χ1v) is 12.9. The van der Waals surface area contributed by atoms with Crippen LogP contribution in [0, 0.1) is 0 Å². The minimum Gasteiger partial charge on any atom is -0.454 e. The Balaban J connectivity index is 1.67. The Labute approximate surface area is 219 Å². The van der Waals surface area contributed by atoms with Gasteiger partial charge in [-0.1, -0.05) is 77.4 Å². The number of rotatable bonds is 9. The van der Waals surface area contributed by atoms with Gasteiger partial charge in [0.05, 0.1) is 16.7 Å². The SMILES string of the molecule is CCCCc1ccc(C(=O)OC(CC)c2cccc(C(=O)OC(=O)c3ccc(C(C)(C)C)cc3)c2)cc1. The number of hydrogen-bond acceptors (Lipinski definition) is 5. The maximum Gasteiger partial charge on any atom is 0.346 e. The highest BCUT2D eigenvalue weighted by Crippen LogP contribution is 2.25. The summed E-state index contributed by atoms with van der Waals surface area (Å²) in [6.07, 6.45) is 3.19. The molecule has 0 saturated heterocycles. The van der Waals surface area contributed by atoms with Crippen molar-refractivity contribution in [3.8, 4) is 0 Å². The zero-order chi connectivity index (χ0) is 27.0. The van der Waals surface area contributed by atoms with Crippen molar-refractivity contribution in [2.75, 3.05) is 0 Å². The molecule has 37 heavy (non-hydrogen) atoms. The van der Waals surface area contributed by atoms with Crippen LogP contribution in [0.15, 0.2) is 72.8 Å². The number of esters is 3. The van der Waals surface area contributed by atoms with E-state index in [1.165, 1.54) is 5.56 Å². The van der Waals surface area contributed by atoms with E-state index < -0.39 is 24.0 Å². The Morgan fingerprint density at radius 3 is 1.95 bits per heavy atom. The van der Waals surface area contributed by atoms with Gasteiger partial charge in [-0.25, -0.2) is 14.4 Å². The summed E-state index contributed by atoms with van der Waals surface area (Å²) in [5.41, 5.74) is 3.89. The van der Waals surface area contributed by atoms with Crippen LogP contribution in [0.1, 0.15) is 108 Å². The van der Waals surface area contributed by atoms with E-state index in [0.29, 0.717) is 23.1 Å². The molecule has 5 nitrogen and oxygen atoms in total. The lowest BCUT2D eigenvalue weighted by molar-refractivity contribution is 0.0287. The maximum absolute atomic E-state index is 12.8. The fourth-order valence-electron chi connectivity index (χ4n) is 3.95. The lowest BCUT2D eigenvalue weighted by Gasteiger charge is -2.19. The van der Waals surface area contributed by atoms with Crippen LogP contribution >= 0.6 is 0 Å². The number of carbonyl (C=O) groups excluding carboxylic acids is 3. The van der Waals surface area contributed by atoms with Gasteiger partial charge in [-0.3, -0.25) is 0 Å². The number of carbonyl (C=O) groups is 3. The summed E-state index contributed by atoms with van der Waals surface area (Å²) in [7, 11) is 0. The fourth-order valence-corrected chi connectivity index (χ4v) is 3.95. The van der Waals surface area contributed by atoms with Crippen LogP contribution in [0.3, 0.4) is 0 Å². The monoisotopic (exact) mass is 500 g/mol. The molecule has 0 aliphatic rings. The molecule has 3 aromatic rings. The van der Waals surface area contributed by atoms with Crippen molar-refractivity contribution in [1.29, 1.82) is 0 Å². The normalized spacial score (nSPS) is 12.0. The van der Waals surface area contributed by atoms with Gasteiger partial charge in [-0.05, 0) is 77.8 Å². The van der Waals surface area contributed by atoms with Gasteiger partial charge in [0.1, 0.15) is 6.10 Å². The van der Waals surface area contributed by atoms with E-state index in [-0.39, 0.29) is 11.0 Å². The van der Waals surface area contributed by atoms with Gasteiger partial charge in [0, 0.05) is 0 Å². The fraction of sp³-hybridized carbons (Fsp3) is 0.344. The number of unbranched alkanes of at least 4 members (excludes halogenated alkanes) is 1. The molecular weight excluding hydrogens is 464 g/mol. The summed E-state index contributed by atoms with van der Waals surface area (Å²) in [5, 5.41) is 0. The van der Waals surface area contributed by atoms with Gasteiger partial charge < -0.3 is 9.47 Å². The van der Waals surface area contributed by atoms with Crippen LogP contribution in [0.4, 0.5) is 0 Å². The molecule has 0 aliphatic heterocycles. The Morgan fingerprint density at radius 2 is 1.35 bits per heavy atom. The Bertz CT molecular complexity index is 1220. The van der Waals surface area contributed by atoms with E-state index in [1.54, 1.807) is 48.5 Å².